The molecule has 6 heteroatoms. The molecule has 0 N–H and O–H groups in total. The van der Waals surface area contributed by atoms with E-state index in [1.165, 1.54) is 212 Å². The zero-order valence-electron chi connectivity index (χ0n) is 49.1. The summed E-state index contributed by atoms with van der Waals surface area (Å²) < 4.78 is 16.6. The fourth-order valence-corrected chi connectivity index (χ4v) is 9.22. The van der Waals surface area contributed by atoms with Gasteiger partial charge in [0.1, 0.15) is 13.2 Å². The molecule has 0 saturated heterocycles. The third kappa shape index (κ3) is 59.7. The van der Waals surface area contributed by atoms with E-state index in [-0.39, 0.29) is 31.6 Å². The molecule has 1 unspecified atom stereocenters. The van der Waals surface area contributed by atoms with Gasteiger partial charge in [0.2, 0.25) is 0 Å². The maximum atomic E-state index is 12.7. The van der Waals surface area contributed by atoms with Crippen molar-refractivity contribution in [3.63, 3.8) is 0 Å². The highest BCUT2D eigenvalue weighted by atomic mass is 16.6. The number of hydrogen-bond acceptors (Lipinski definition) is 6. The molecule has 428 valence electrons. The van der Waals surface area contributed by atoms with Crippen molar-refractivity contribution in [1.29, 1.82) is 0 Å². The van der Waals surface area contributed by atoms with E-state index < -0.39 is 12.1 Å². The molecule has 0 radical (unpaired) electrons. The van der Waals surface area contributed by atoms with E-state index in [0.717, 1.165) is 70.6 Å². The minimum absolute atomic E-state index is 0.0997. The minimum atomic E-state index is -0.825. The van der Waals surface area contributed by atoms with Gasteiger partial charge in [0.05, 0.1) is 6.42 Å². The van der Waals surface area contributed by atoms with E-state index in [9.17, 15) is 14.4 Å². The van der Waals surface area contributed by atoms with Gasteiger partial charge in [0.15, 0.2) is 6.10 Å². The Balaban J connectivity index is 3.94. The molecular formula is C68H120O6. The average molecular weight is 1030 g/mol. The first-order valence-electron chi connectivity index (χ1n) is 31.9. The van der Waals surface area contributed by atoms with Crippen LogP contribution in [0.5, 0.6) is 0 Å². The molecular weight excluding hydrogens is 913 g/mol. The number of esters is 3. The Morgan fingerprint density at radius 3 is 0.878 bits per heavy atom. The van der Waals surface area contributed by atoms with Gasteiger partial charge in [-0.1, -0.05) is 306 Å². The minimum Gasteiger partial charge on any atom is -0.462 e. The number of allylic oxidation sites excluding steroid dienone is 11. The van der Waals surface area contributed by atoms with Crippen LogP contribution in [0.25, 0.3) is 0 Å². The van der Waals surface area contributed by atoms with Gasteiger partial charge in [-0.05, 0) is 70.6 Å². The highest BCUT2D eigenvalue weighted by Crippen LogP contribution is 2.17. The number of carbonyl (C=O) groups excluding carboxylic acids is 3. The quantitative estimate of drug-likeness (QED) is 0.0261. The molecule has 0 amide bonds. The summed E-state index contributed by atoms with van der Waals surface area (Å²) in [6.45, 7) is 6.40. The van der Waals surface area contributed by atoms with Gasteiger partial charge >= 0.3 is 17.9 Å². The molecule has 0 aromatic rings. The van der Waals surface area contributed by atoms with Crippen molar-refractivity contribution < 1.29 is 28.6 Å². The van der Waals surface area contributed by atoms with Crippen LogP contribution in [0.3, 0.4) is 0 Å². The Kier molecular flexibility index (Phi) is 59.7. The van der Waals surface area contributed by atoms with Crippen LogP contribution >= 0.6 is 0 Å². The molecule has 0 spiro atoms. The van der Waals surface area contributed by atoms with Crippen LogP contribution in [0.2, 0.25) is 0 Å². The first kappa shape index (κ1) is 70.8. The Hall–Kier alpha value is -3.15. The van der Waals surface area contributed by atoms with E-state index in [0.29, 0.717) is 12.8 Å². The number of carbonyl (C=O) groups is 3. The van der Waals surface area contributed by atoms with E-state index in [4.69, 9.17) is 14.2 Å². The van der Waals surface area contributed by atoms with Crippen LogP contribution in [0, 0.1) is 0 Å². The molecule has 0 rings (SSSR count). The lowest BCUT2D eigenvalue weighted by Crippen LogP contribution is -2.30. The molecule has 0 aliphatic rings. The lowest BCUT2D eigenvalue weighted by molar-refractivity contribution is -0.166. The highest BCUT2D eigenvalue weighted by Gasteiger charge is 2.19. The number of hydrogen-bond donors (Lipinski definition) is 0. The summed E-state index contributed by atoms with van der Waals surface area (Å²) in [5, 5.41) is 0. The lowest BCUT2D eigenvalue weighted by Gasteiger charge is -2.18. The first-order chi connectivity index (χ1) is 36.5. The Morgan fingerprint density at radius 1 is 0.297 bits per heavy atom. The van der Waals surface area contributed by atoms with E-state index in [1.54, 1.807) is 6.08 Å². The molecule has 0 heterocycles. The van der Waals surface area contributed by atoms with E-state index in [2.05, 4.69) is 81.5 Å². The number of rotatable bonds is 58. The monoisotopic (exact) mass is 1030 g/mol. The summed E-state index contributed by atoms with van der Waals surface area (Å²) >= 11 is 0. The van der Waals surface area contributed by atoms with Gasteiger partial charge < -0.3 is 14.2 Å². The Bertz CT molecular complexity index is 1370. The van der Waals surface area contributed by atoms with Gasteiger partial charge in [-0.15, -0.1) is 0 Å². The second-order valence-corrected chi connectivity index (χ2v) is 21.3. The van der Waals surface area contributed by atoms with Crippen LogP contribution in [0.15, 0.2) is 72.9 Å². The maximum Gasteiger partial charge on any atom is 0.310 e. The zero-order valence-corrected chi connectivity index (χ0v) is 49.1. The van der Waals surface area contributed by atoms with Gasteiger partial charge in [0, 0.05) is 12.8 Å². The predicted molar refractivity (Wildman–Crippen MR) is 321 cm³/mol. The fraction of sp³-hybridized carbons (Fsp3) is 0.779. The second-order valence-electron chi connectivity index (χ2n) is 21.3. The van der Waals surface area contributed by atoms with Crippen molar-refractivity contribution in [2.24, 2.45) is 0 Å². The van der Waals surface area contributed by atoms with Crippen LogP contribution in [0.1, 0.15) is 323 Å². The summed E-state index contributed by atoms with van der Waals surface area (Å²) in [7, 11) is 0. The maximum absolute atomic E-state index is 12.7. The van der Waals surface area contributed by atoms with Crippen molar-refractivity contribution in [3.05, 3.63) is 72.9 Å². The third-order valence-corrected chi connectivity index (χ3v) is 14.0. The molecule has 0 fully saturated rings. The number of unbranched alkanes of at least 4 members (excludes halogenated alkanes) is 36. The first-order valence-corrected chi connectivity index (χ1v) is 31.9. The van der Waals surface area contributed by atoms with E-state index in [1.807, 2.05) is 6.08 Å². The van der Waals surface area contributed by atoms with Crippen molar-refractivity contribution in [2.75, 3.05) is 13.2 Å². The summed E-state index contributed by atoms with van der Waals surface area (Å²) in [6.07, 6.45) is 81.5. The fourth-order valence-electron chi connectivity index (χ4n) is 9.22. The predicted octanol–water partition coefficient (Wildman–Crippen LogP) is 21.7. The number of ether oxygens (including phenoxy) is 3. The summed E-state index contributed by atoms with van der Waals surface area (Å²) in [5.74, 6) is -1.04. The van der Waals surface area contributed by atoms with Crippen LogP contribution < -0.4 is 0 Å². The van der Waals surface area contributed by atoms with Gasteiger partial charge in [0.25, 0.3) is 0 Å². The second kappa shape index (κ2) is 62.4. The third-order valence-electron chi connectivity index (χ3n) is 14.0. The van der Waals surface area contributed by atoms with Gasteiger partial charge in [-0.25, -0.2) is 0 Å². The SMILES string of the molecule is CC/C=C\C/C=C\C/C=C\C/C=C\C/C=C\CC(=O)OC(COC(=O)CCCCCCCC)COC(=O)CCCCCCCCCCCCCCCCCCCCCCCCC/C=C\CCCCCCCCCC. The lowest BCUT2D eigenvalue weighted by atomic mass is 10.0. The molecule has 0 bridgehead atoms. The molecule has 0 aliphatic heterocycles. The molecule has 6 nitrogen and oxygen atoms in total. The van der Waals surface area contributed by atoms with Crippen LogP contribution in [-0.2, 0) is 28.6 Å². The van der Waals surface area contributed by atoms with Crippen molar-refractivity contribution in [2.45, 2.75) is 329 Å². The molecule has 0 aromatic heterocycles. The van der Waals surface area contributed by atoms with Gasteiger partial charge in [-0.2, -0.15) is 0 Å². The highest BCUT2D eigenvalue weighted by molar-refractivity contribution is 5.72. The Labute approximate surface area is 459 Å². The van der Waals surface area contributed by atoms with Crippen LogP contribution in [-0.4, -0.2) is 37.2 Å². The smallest absolute Gasteiger partial charge is 0.310 e. The van der Waals surface area contributed by atoms with Gasteiger partial charge in [-0.3, -0.25) is 14.4 Å². The summed E-state index contributed by atoms with van der Waals surface area (Å²) in [4.78, 5) is 37.8. The average Bonchev–Trinajstić information content (AvgIpc) is 3.40. The molecule has 0 aliphatic carbocycles. The molecule has 0 saturated carbocycles. The normalized spacial score (nSPS) is 12.5. The molecule has 0 aromatic carbocycles. The van der Waals surface area contributed by atoms with Crippen molar-refractivity contribution in [1.82, 2.24) is 0 Å². The van der Waals surface area contributed by atoms with E-state index >= 15 is 0 Å². The molecule has 74 heavy (non-hydrogen) atoms. The largest absolute Gasteiger partial charge is 0.462 e. The summed E-state index contributed by atoms with van der Waals surface area (Å²) in [5.41, 5.74) is 0. The summed E-state index contributed by atoms with van der Waals surface area (Å²) in [6, 6.07) is 0. The van der Waals surface area contributed by atoms with Crippen molar-refractivity contribution >= 4 is 17.9 Å². The van der Waals surface area contributed by atoms with Crippen LogP contribution in [0.4, 0.5) is 0 Å². The standard InChI is InChI=1S/C68H120O6/c1-4-7-10-13-16-18-20-22-24-25-26-27-28-29-30-31-32-33-34-35-36-37-38-39-40-41-42-43-45-46-48-50-52-55-58-61-67(70)73-64-65(63-72-66(69)60-57-54-15-12-9-6-3)74-68(71)62-59-56-53-51-49-47-44-23-21-19-17-14-11-8-5-2/h8,11,17,19,23,25-26,44,49,51,56,59,65H,4-7,9-10,12-16,18,20-22,24,27-43,45-48,50,52-55,57-58,60-64H2,1-3H3/b11-8-,19-17-,26-25-,44-23-,51-49-,59-56-. The van der Waals surface area contributed by atoms with Crippen molar-refractivity contribution in [3.8, 4) is 0 Å². The topological polar surface area (TPSA) is 78.9 Å². The Morgan fingerprint density at radius 2 is 0.568 bits per heavy atom. The zero-order chi connectivity index (χ0) is 53.6. The molecule has 1 atom stereocenters.